The van der Waals surface area contributed by atoms with Gasteiger partial charge in [0.05, 0.1) is 18.0 Å². The van der Waals surface area contributed by atoms with E-state index in [1.807, 2.05) is 72.8 Å². The molecule has 1 atom stereocenters. The summed E-state index contributed by atoms with van der Waals surface area (Å²) in [6.45, 7) is -0.0202. The number of nitrogens with zero attached hydrogens (tertiary/aromatic N) is 1. The Morgan fingerprint density at radius 2 is 1.45 bits per heavy atom. The number of ether oxygens (including phenoxy) is 1. The molecule has 0 saturated carbocycles. The number of benzene rings is 4. The monoisotopic (exact) mass is 616 g/mol. The fourth-order valence-corrected chi connectivity index (χ4v) is 6.09. The maximum atomic E-state index is 13.6. The van der Waals surface area contributed by atoms with Gasteiger partial charge in [0.25, 0.3) is 0 Å². The van der Waals surface area contributed by atoms with Gasteiger partial charge >= 0.3 is 6.03 Å². The van der Waals surface area contributed by atoms with Gasteiger partial charge in [-0.05, 0) is 65.9 Å². The number of urea groups is 1. The van der Waals surface area contributed by atoms with E-state index in [2.05, 4.69) is 10.6 Å². The predicted molar refractivity (Wildman–Crippen MR) is 168 cm³/mol. The molecule has 0 radical (unpaired) electrons. The minimum absolute atomic E-state index is 0.00818. The van der Waals surface area contributed by atoms with Crippen molar-refractivity contribution in [2.24, 2.45) is 0 Å². The van der Waals surface area contributed by atoms with Gasteiger partial charge in [0.2, 0.25) is 15.9 Å². The molecule has 4 N–H and O–H groups in total. The Kier molecular flexibility index (Phi) is 11.5. The van der Waals surface area contributed by atoms with Crippen molar-refractivity contribution < 1.29 is 28.0 Å². The minimum atomic E-state index is -4.00. The first kappa shape index (κ1) is 32.2. The topological polar surface area (TPSA) is 137 Å². The molecule has 10 nitrogen and oxygen atoms in total. The average Bonchev–Trinajstić information content (AvgIpc) is 3.05. The summed E-state index contributed by atoms with van der Waals surface area (Å²) in [7, 11) is -2.44. The summed E-state index contributed by atoms with van der Waals surface area (Å²) in [6.07, 6.45) is 0.773. The Morgan fingerprint density at radius 3 is 2.07 bits per heavy atom. The Morgan fingerprint density at radius 1 is 0.818 bits per heavy atom. The van der Waals surface area contributed by atoms with Crippen molar-refractivity contribution in [3.63, 3.8) is 0 Å². The number of anilines is 1. The number of carbonyl (C=O) groups excluding carboxylic acids is 2. The first-order valence-electron chi connectivity index (χ1n) is 14.1. The number of hydrogen-bond acceptors (Lipinski definition) is 6. The number of amides is 3. The molecule has 0 bridgehead atoms. The van der Waals surface area contributed by atoms with E-state index >= 15 is 0 Å². The zero-order valence-corrected chi connectivity index (χ0v) is 25.2. The second-order valence-corrected chi connectivity index (χ2v) is 12.0. The van der Waals surface area contributed by atoms with Crippen molar-refractivity contribution in [2.75, 3.05) is 25.5 Å². The predicted octanol–water partition coefficient (Wildman–Crippen LogP) is 4.93. The van der Waals surface area contributed by atoms with Crippen LogP contribution in [0.5, 0.6) is 5.75 Å². The molecular formula is C33H36N4O6S. The number of carbonyl (C=O) groups is 2. The van der Waals surface area contributed by atoms with Gasteiger partial charge in [-0.2, -0.15) is 4.31 Å². The summed E-state index contributed by atoms with van der Waals surface area (Å²) in [5.41, 5.74) is 4.88. The van der Waals surface area contributed by atoms with Crippen LogP contribution in [-0.4, -0.2) is 50.1 Å². The maximum Gasteiger partial charge on any atom is 0.319 e. The molecule has 230 valence electrons. The number of hydroxylamine groups is 1. The van der Waals surface area contributed by atoms with Crippen LogP contribution in [0, 0.1) is 0 Å². The third-order valence-electron chi connectivity index (χ3n) is 7.06. The molecule has 4 aromatic rings. The summed E-state index contributed by atoms with van der Waals surface area (Å²) in [5.74, 6) is -0.00622. The molecule has 3 amide bonds. The minimum Gasteiger partial charge on any atom is -0.497 e. The SMILES string of the molecule is COc1ccc(CCN(CCC(=O)NO)S(=O)(=O)c2ccc(NC(=O)NC(Cc3ccccc3)c3ccccc3)cc2)cc1. The van der Waals surface area contributed by atoms with Gasteiger partial charge in [-0.15, -0.1) is 0 Å². The molecule has 4 rings (SSSR count). The molecule has 0 saturated heterocycles. The van der Waals surface area contributed by atoms with E-state index in [1.54, 1.807) is 24.7 Å². The van der Waals surface area contributed by atoms with E-state index in [-0.39, 0.29) is 30.4 Å². The summed E-state index contributed by atoms with van der Waals surface area (Å²) in [4.78, 5) is 24.7. The molecule has 1 unspecified atom stereocenters. The third-order valence-corrected chi connectivity index (χ3v) is 8.97. The van der Waals surface area contributed by atoms with E-state index in [1.165, 1.54) is 28.6 Å². The van der Waals surface area contributed by atoms with Crippen LogP contribution in [0.4, 0.5) is 10.5 Å². The van der Waals surface area contributed by atoms with Crippen LogP contribution >= 0.6 is 0 Å². The van der Waals surface area contributed by atoms with Gasteiger partial charge in [-0.3, -0.25) is 10.0 Å². The lowest BCUT2D eigenvalue weighted by molar-refractivity contribution is -0.129. The summed E-state index contributed by atoms with van der Waals surface area (Å²) in [5, 5.41) is 14.7. The molecule has 0 fully saturated rings. The quantitative estimate of drug-likeness (QED) is 0.117. The van der Waals surface area contributed by atoms with Gasteiger partial charge in [-0.1, -0.05) is 72.8 Å². The van der Waals surface area contributed by atoms with E-state index in [0.717, 1.165) is 16.7 Å². The molecule has 44 heavy (non-hydrogen) atoms. The zero-order valence-electron chi connectivity index (χ0n) is 24.3. The van der Waals surface area contributed by atoms with Crippen molar-refractivity contribution in [1.29, 1.82) is 0 Å². The van der Waals surface area contributed by atoms with E-state index in [9.17, 15) is 18.0 Å². The zero-order chi connectivity index (χ0) is 31.4. The molecule has 0 spiro atoms. The highest BCUT2D eigenvalue weighted by atomic mass is 32.2. The fourth-order valence-electron chi connectivity index (χ4n) is 4.65. The lowest BCUT2D eigenvalue weighted by Crippen LogP contribution is -2.36. The van der Waals surface area contributed by atoms with Gasteiger partial charge in [0, 0.05) is 25.2 Å². The van der Waals surface area contributed by atoms with Gasteiger partial charge in [0.1, 0.15) is 5.75 Å². The molecule has 0 aromatic heterocycles. The maximum absolute atomic E-state index is 13.6. The van der Waals surface area contributed by atoms with Gasteiger partial charge in [0.15, 0.2) is 0 Å². The molecular weight excluding hydrogens is 580 g/mol. The Bertz CT molecular complexity index is 1600. The second-order valence-electron chi connectivity index (χ2n) is 10.1. The highest BCUT2D eigenvalue weighted by Gasteiger charge is 2.25. The smallest absolute Gasteiger partial charge is 0.319 e. The van der Waals surface area contributed by atoms with E-state index in [0.29, 0.717) is 24.3 Å². The van der Waals surface area contributed by atoms with Crippen LogP contribution in [-0.2, 0) is 27.7 Å². The molecule has 4 aromatic carbocycles. The van der Waals surface area contributed by atoms with Crippen molar-refractivity contribution in [3.05, 3.63) is 126 Å². The standard InChI is InChI=1S/C33H36N4O6S/c1-43-29-16-12-25(13-17-29)20-22-37(23-21-32(38)36-40)44(41,42)30-18-14-28(15-19-30)34-33(39)35-31(27-10-6-3-7-11-27)24-26-8-4-2-5-9-26/h2-19,31,40H,20-24H2,1H3,(H,36,38)(H2,34,35,39). The Labute approximate surface area is 257 Å². The van der Waals surface area contributed by atoms with Crippen LogP contribution in [0.3, 0.4) is 0 Å². The van der Waals surface area contributed by atoms with Crippen molar-refractivity contribution in [2.45, 2.75) is 30.2 Å². The van der Waals surface area contributed by atoms with E-state index < -0.39 is 22.0 Å². The highest BCUT2D eigenvalue weighted by molar-refractivity contribution is 7.89. The highest BCUT2D eigenvalue weighted by Crippen LogP contribution is 2.22. The number of hydrogen-bond donors (Lipinski definition) is 4. The Balaban J connectivity index is 1.44. The lowest BCUT2D eigenvalue weighted by Gasteiger charge is -2.22. The first-order chi connectivity index (χ1) is 21.3. The van der Waals surface area contributed by atoms with Crippen molar-refractivity contribution in [1.82, 2.24) is 15.1 Å². The van der Waals surface area contributed by atoms with Crippen LogP contribution in [0.15, 0.2) is 114 Å². The summed E-state index contributed by atoms with van der Waals surface area (Å²) >= 11 is 0. The van der Waals surface area contributed by atoms with Crippen molar-refractivity contribution in [3.8, 4) is 5.75 Å². The normalized spacial score (nSPS) is 11.9. The van der Waals surface area contributed by atoms with E-state index in [4.69, 9.17) is 9.94 Å². The number of rotatable bonds is 14. The third kappa shape index (κ3) is 9.14. The molecule has 0 aliphatic heterocycles. The number of nitrogens with one attached hydrogen (secondary N) is 3. The molecule has 0 heterocycles. The van der Waals surface area contributed by atoms with Crippen LogP contribution in [0.25, 0.3) is 0 Å². The lowest BCUT2D eigenvalue weighted by atomic mass is 9.99. The molecule has 0 aliphatic carbocycles. The van der Waals surface area contributed by atoms with Crippen molar-refractivity contribution >= 4 is 27.6 Å². The van der Waals surface area contributed by atoms with Crippen LogP contribution in [0.1, 0.15) is 29.2 Å². The molecule has 11 heteroatoms. The van der Waals surface area contributed by atoms with Gasteiger partial charge < -0.3 is 15.4 Å². The Hall–Kier alpha value is -4.71. The van der Waals surface area contributed by atoms with Crippen LogP contribution < -0.4 is 20.9 Å². The number of methoxy groups -OCH3 is 1. The second kappa shape index (κ2) is 15.7. The summed E-state index contributed by atoms with van der Waals surface area (Å²) < 4.78 is 33.5. The van der Waals surface area contributed by atoms with Gasteiger partial charge in [-0.25, -0.2) is 18.7 Å². The first-order valence-corrected chi connectivity index (χ1v) is 15.5. The van der Waals surface area contributed by atoms with Crippen LogP contribution in [0.2, 0.25) is 0 Å². The average molecular weight is 617 g/mol. The number of sulfonamides is 1. The summed E-state index contributed by atoms with van der Waals surface area (Å²) in [6, 6.07) is 31.9. The molecule has 0 aliphatic rings. The fraction of sp³-hybridized carbons (Fsp3) is 0.212. The largest absolute Gasteiger partial charge is 0.497 e.